The van der Waals surface area contributed by atoms with Gasteiger partial charge in [-0.25, -0.2) is 9.50 Å². The van der Waals surface area contributed by atoms with Gasteiger partial charge in [-0.2, -0.15) is 23.4 Å². The van der Waals surface area contributed by atoms with Crippen molar-refractivity contribution in [2.45, 2.75) is 19.6 Å². The van der Waals surface area contributed by atoms with Crippen LogP contribution < -0.4 is 5.32 Å². The number of benzene rings is 1. The summed E-state index contributed by atoms with van der Waals surface area (Å²) in [6, 6.07) is 13.1. The number of aryl methyl sites for hydroxylation is 1. The zero-order chi connectivity index (χ0) is 24.7. The minimum absolute atomic E-state index is 0.0889. The maximum atomic E-state index is 13.8. The van der Waals surface area contributed by atoms with Crippen molar-refractivity contribution in [1.29, 1.82) is 0 Å². The van der Waals surface area contributed by atoms with E-state index in [4.69, 9.17) is 11.6 Å². The van der Waals surface area contributed by atoms with Gasteiger partial charge in [0.15, 0.2) is 17.0 Å². The molecule has 178 valence electrons. The molecule has 0 unspecified atom stereocenters. The van der Waals surface area contributed by atoms with Gasteiger partial charge in [0.2, 0.25) is 0 Å². The standard InChI is InChI=1S/C23H16ClF3N6OS/c1-13-4-2-3-5-14(13)11-32-12-15(10-28-32)29-22(34)17-9-21-30-16(18-6-7-20(24)35-18)8-19(23(25,26)27)33(21)31-17/h2-10,12H,11H2,1H3,(H,29,34). The van der Waals surface area contributed by atoms with Crippen molar-refractivity contribution in [3.05, 3.63) is 87.8 Å². The minimum Gasteiger partial charge on any atom is -0.318 e. The molecule has 0 fully saturated rings. The van der Waals surface area contributed by atoms with E-state index >= 15 is 0 Å². The topological polar surface area (TPSA) is 77.1 Å². The number of rotatable bonds is 5. The third kappa shape index (κ3) is 4.77. The third-order valence-corrected chi connectivity index (χ3v) is 6.51. The number of nitrogens with zero attached hydrogens (tertiary/aromatic N) is 5. The van der Waals surface area contributed by atoms with Crippen LogP contribution in [-0.4, -0.2) is 30.3 Å². The van der Waals surface area contributed by atoms with Crippen LogP contribution in [0.3, 0.4) is 0 Å². The highest BCUT2D eigenvalue weighted by atomic mass is 35.5. The van der Waals surface area contributed by atoms with E-state index in [1.807, 2.05) is 31.2 Å². The number of hydrogen-bond acceptors (Lipinski definition) is 5. The Kier molecular flexibility index (Phi) is 5.81. The second-order valence-electron chi connectivity index (χ2n) is 7.73. The fourth-order valence-electron chi connectivity index (χ4n) is 3.54. The number of fused-ring (bicyclic) bond motifs is 1. The van der Waals surface area contributed by atoms with E-state index in [2.05, 4.69) is 20.5 Å². The summed E-state index contributed by atoms with van der Waals surface area (Å²) >= 11 is 7.03. The van der Waals surface area contributed by atoms with Gasteiger partial charge in [0.1, 0.15) is 0 Å². The summed E-state index contributed by atoms with van der Waals surface area (Å²) in [5.74, 6) is -0.681. The van der Waals surface area contributed by atoms with Crippen LogP contribution in [0.1, 0.15) is 27.3 Å². The lowest BCUT2D eigenvalue weighted by Crippen LogP contribution is -2.15. The average molecular weight is 517 g/mol. The quantitative estimate of drug-likeness (QED) is 0.314. The van der Waals surface area contributed by atoms with Crippen molar-refractivity contribution in [1.82, 2.24) is 24.4 Å². The molecule has 4 heterocycles. The van der Waals surface area contributed by atoms with Gasteiger partial charge >= 0.3 is 6.18 Å². The zero-order valence-corrected chi connectivity index (χ0v) is 19.6. The lowest BCUT2D eigenvalue weighted by Gasteiger charge is -2.10. The molecule has 4 aromatic heterocycles. The molecule has 0 aliphatic rings. The van der Waals surface area contributed by atoms with Gasteiger partial charge in [0.05, 0.1) is 33.3 Å². The van der Waals surface area contributed by atoms with Gasteiger partial charge < -0.3 is 5.32 Å². The Bertz CT molecular complexity index is 1550. The fourth-order valence-corrected chi connectivity index (χ4v) is 4.54. The molecule has 1 aromatic carbocycles. The highest BCUT2D eigenvalue weighted by Gasteiger charge is 2.36. The largest absolute Gasteiger partial charge is 0.433 e. The first-order chi connectivity index (χ1) is 16.7. The molecule has 0 aliphatic heterocycles. The van der Waals surface area contributed by atoms with Crippen molar-refractivity contribution < 1.29 is 18.0 Å². The van der Waals surface area contributed by atoms with E-state index in [0.717, 1.165) is 28.5 Å². The van der Waals surface area contributed by atoms with Gasteiger partial charge in [0.25, 0.3) is 5.91 Å². The Hall–Kier alpha value is -3.70. The third-order valence-electron chi connectivity index (χ3n) is 5.26. The van der Waals surface area contributed by atoms with Crippen LogP contribution in [0.2, 0.25) is 4.34 Å². The summed E-state index contributed by atoms with van der Waals surface area (Å²) in [7, 11) is 0. The van der Waals surface area contributed by atoms with Crippen LogP contribution in [0.25, 0.3) is 16.2 Å². The second kappa shape index (κ2) is 8.82. The Balaban J connectivity index is 1.42. The Morgan fingerprint density at radius 3 is 2.69 bits per heavy atom. The number of halogens is 4. The summed E-state index contributed by atoms with van der Waals surface area (Å²) in [4.78, 5) is 17.5. The van der Waals surface area contributed by atoms with Crippen molar-refractivity contribution in [3.8, 4) is 10.6 Å². The molecule has 12 heteroatoms. The Morgan fingerprint density at radius 1 is 1.17 bits per heavy atom. The number of alkyl halides is 3. The SMILES string of the molecule is Cc1ccccc1Cn1cc(NC(=O)c2cc3nc(-c4ccc(Cl)s4)cc(C(F)(F)F)n3n2)cn1. The molecule has 1 amide bonds. The molecular weight excluding hydrogens is 501 g/mol. The predicted molar refractivity (Wildman–Crippen MR) is 127 cm³/mol. The monoisotopic (exact) mass is 516 g/mol. The average Bonchev–Trinajstić information content (AvgIpc) is 3.53. The van der Waals surface area contributed by atoms with Crippen molar-refractivity contribution in [3.63, 3.8) is 0 Å². The first-order valence-corrected chi connectivity index (χ1v) is 11.5. The zero-order valence-electron chi connectivity index (χ0n) is 18.0. The molecule has 0 saturated carbocycles. The van der Waals surface area contributed by atoms with E-state index in [1.165, 1.54) is 12.3 Å². The molecule has 0 spiro atoms. The molecule has 5 rings (SSSR count). The lowest BCUT2D eigenvalue weighted by molar-refractivity contribution is -0.142. The number of anilines is 1. The molecule has 5 aromatic rings. The maximum Gasteiger partial charge on any atom is 0.433 e. The molecular formula is C23H16ClF3N6OS. The molecule has 35 heavy (non-hydrogen) atoms. The number of nitrogens with one attached hydrogen (secondary N) is 1. The van der Waals surface area contributed by atoms with Gasteiger partial charge in [0, 0.05) is 12.3 Å². The summed E-state index contributed by atoms with van der Waals surface area (Å²) in [6.07, 6.45) is -1.62. The summed E-state index contributed by atoms with van der Waals surface area (Å²) in [6.45, 7) is 2.50. The Labute approximate surface area is 205 Å². The minimum atomic E-state index is -4.71. The van der Waals surface area contributed by atoms with Crippen LogP contribution in [-0.2, 0) is 12.7 Å². The highest BCUT2D eigenvalue weighted by molar-refractivity contribution is 7.19. The molecule has 0 atom stereocenters. The van der Waals surface area contributed by atoms with Crippen molar-refractivity contribution in [2.24, 2.45) is 0 Å². The van der Waals surface area contributed by atoms with E-state index in [1.54, 1.807) is 23.0 Å². The summed E-state index contributed by atoms with van der Waals surface area (Å²) in [5, 5.41) is 10.7. The van der Waals surface area contributed by atoms with E-state index in [-0.39, 0.29) is 17.0 Å². The van der Waals surface area contributed by atoms with Crippen LogP contribution in [0.5, 0.6) is 0 Å². The predicted octanol–water partition coefficient (Wildman–Crippen LogP) is 5.94. The van der Waals surface area contributed by atoms with E-state index in [9.17, 15) is 18.0 Å². The van der Waals surface area contributed by atoms with Gasteiger partial charge in [-0.15, -0.1) is 11.3 Å². The Morgan fingerprint density at radius 2 is 1.97 bits per heavy atom. The van der Waals surface area contributed by atoms with E-state index in [0.29, 0.717) is 26.0 Å². The lowest BCUT2D eigenvalue weighted by atomic mass is 10.1. The van der Waals surface area contributed by atoms with Crippen LogP contribution >= 0.6 is 22.9 Å². The molecule has 0 saturated heterocycles. The number of carbonyl (C=O) groups is 1. The number of aromatic nitrogens is 5. The first kappa shape index (κ1) is 23.1. The number of thiophene rings is 1. The second-order valence-corrected chi connectivity index (χ2v) is 9.45. The number of hydrogen-bond donors (Lipinski definition) is 1. The molecule has 1 N–H and O–H groups in total. The molecule has 0 radical (unpaired) electrons. The van der Waals surface area contributed by atoms with Crippen molar-refractivity contribution >= 4 is 40.2 Å². The van der Waals surface area contributed by atoms with Gasteiger partial charge in [-0.1, -0.05) is 35.9 Å². The molecule has 0 bridgehead atoms. The molecule has 0 aliphatic carbocycles. The molecule has 7 nitrogen and oxygen atoms in total. The van der Waals surface area contributed by atoms with Crippen LogP contribution in [0.4, 0.5) is 18.9 Å². The van der Waals surface area contributed by atoms with Crippen LogP contribution in [0, 0.1) is 6.92 Å². The van der Waals surface area contributed by atoms with Gasteiger partial charge in [-0.05, 0) is 36.2 Å². The van der Waals surface area contributed by atoms with Crippen LogP contribution in [0.15, 0.2) is 60.9 Å². The summed E-state index contributed by atoms with van der Waals surface area (Å²) < 4.78 is 44.0. The summed E-state index contributed by atoms with van der Waals surface area (Å²) in [5.41, 5.74) is 1.28. The van der Waals surface area contributed by atoms with E-state index < -0.39 is 17.8 Å². The fraction of sp³-hybridized carbons (Fsp3) is 0.130. The number of carbonyl (C=O) groups excluding carboxylic acids is 1. The maximum absolute atomic E-state index is 13.8. The van der Waals surface area contributed by atoms with Crippen molar-refractivity contribution in [2.75, 3.05) is 5.32 Å². The highest BCUT2D eigenvalue weighted by Crippen LogP contribution is 2.35. The number of amides is 1. The normalized spacial score (nSPS) is 11.8. The smallest absolute Gasteiger partial charge is 0.318 e. The van der Waals surface area contributed by atoms with Gasteiger partial charge in [-0.3, -0.25) is 9.48 Å². The first-order valence-electron chi connectivity index (χ1n) is 10.3.